The Balaban J connectivity index is 1.23. The van der Waals surface area contributed by atoms with E-state index in [1.54, 1.807) is 0 Å². The Morgan fingerprint density at radius 1 is 1.19 bits per heavy atom. The fourth-order valence-electron chi connectivity index (χ4n) is 4.25. The van der Waals surface area contributed by atoms with Gasteiger partial charge in [-0.25, -0.2) is 4.98 Å². The summed E-state index contributed by atoms with van der Waals surface area (Å²) in [5, 5.41) is 15.5. The standard InChI is InChI=1S/C24H31N7O/c1-15-19-10-9-18(13-21(19)31(2)30-15)28-24-27-14-20(16-7-8-16)22(29-24)25-11-4-12-26-23(32)17-5-3-6-17/h9-10,13-14,16-17H,3-8,11-12H2,1-2H3,(H,26,32)(H2,25,27,28,29). The second kappa shape index (κ2) is 8.76. The molecule has 2 fully saturated rings. The van der Waals surface area contributed by atoms with Gasteiger partial charge < -0.3 is 16.0 Å². The molecule has 0 spiro atoms. The van der Waals surface area contributed by atoms with Gasteiger partial charge in [-0.1, -0.05) is 6.42 Å². The quantitative estimate of drug-likeness (QED) is 0.441. The molecule has 8 heteroatoms. The lowest BCUT2D eigenvalue weighted by Crippen LogP contribution is -2.35. The van der Waals surface area contributed by atoms with Gasteiger partial charge in [-0.05, 0) is 63.1 Å². The molecule has 3 N–H and O–H groups in total. The summed E-state index contributed by atoms with van der Waals surface area (Å²) < 4.78 is 1.89. The average Bonchev–Trinajstić information content (AvgIpc) is 3.53. The van der Waals surface area contributed by atoms with Gasteiger partial charge in [-0.2, -0.15) is 10.1 Å². The number of hydrogen-bond acceptors (Lipinski definition) is 6. The first-order chi connectivity index (χ1) is 15.6. The molecule has 2 aliphatic carbocycles. The Bertz CT molecular complexity index is 1130. The predicted molar refractivity (Wildman–Crippen MR) is 126 cm³/mol. The summed E-state index contributed by atoms with van der Waals surface area (Å²) in [6.45, 7) is 3.48. The number of anilines is 3. The highest BCUT2D eigenvalue weighted by Gasteiger charge is 2.28. The van der Waals surface area contributed by atoms with Crippen molar-refractivity contribution in [3.8, 4) is 0 Å². The molecule has 8 nitrogen and oxygen atoms in total. The maximum absolute atomic E-state index is 12.0. The van der Waals surface area contributed by atoms with E-state index >= 15 is 0 Å². The number of benzene rings is 1. The van der Waals surface area contributed by atoms with E-state index in [2.05, 4.69) is 38.2 Å². The van der Waals surface area contributed by atoms with Gasteiger partial charge >= 0.3 is 0 Å². The Kier molecular flexibility index (Phi) is 5.68. The summed E-state index contributed by atoms with van der Waals surface area (Å²) in [4.78, 5) is 21.3. The maximum Gasteiger partial charge on any atom is 0.229 e. The molecule has 5 rings (SSSR count). The van der Waals surface area contributed by atoms with Gasteiger partial charge in [0.05, 0.1) is 11.2 Å². The van der Waals surface area contributed by atoms with E-state index in [0.29, 0.717) is 18.4 Å². The number of carbonyl (C=O) groups is 1. The van der Waals surface area contributed by atoms with Crippen LogP contribution < -0.4 is 16.0 Å². The van der Waals surface area contributed by atoms with Crippen molar-refractivity contribution in [2.24, 2.45) is 13.0 Å². The number of fused-ring (bicyclic) bond motifs is 1. The van der Waals surface area contributed by atoms with Crippen LogP contribution in [0.25, 0.3) is 10.9 Å². The van der Waals surface area contributed by atoms with Gasteiger partial charge in [0.1, 0.15) is 5.82 Å². The van der Waals surface area contributed by atoms with E-state index < -0.39 is 0 Å². The molecule has 32 heavy (non-hydrogen) atoms. The Morgan fingerprint density at radius 3 is 2.78 bits per heavy atom. The highest BCUT2D eigenvalue weighted by Crippen LogP contribution is 2.42. The third kappa shape index (κ3) is 4.40. The molecule has 0 atom stereocenters. The summed E-state index contributed by atoms with van der Waals surface area (Å²) in [6, 6.07) is 6.19. The minimum Gasteiger partial charge on any atom is -0.370 e. The predicted octanol–water partition coefficient (Wildman–Crippen LogP) is 4.01. The molecule has 1 aromatic carbocycles. The first-order valence-electron chi connectivity index (χ1n) is 11.7. The van der Waals surface area contributed by atoms with Crippen molar-refractivity contribution in [1.29, 1.82) is 0 Å². The first-order valence-corrected chi connectivity index (χ1v) is 11.7. The lowest BCUT2D eigenvalue weighted by atomic mass is 9.85. The Labute approximate surface area is 188 Å². The number of carbonyl (C=O) groups excluding carboxylic acids is 1. The molecule has 3 aromatic rings. The number of hydrogen-bond donors (Lipinski definition) is 3. The summed E-state index contributed by atoms with van der Waals surface area (Å²) in [5.74, 6) is 2.48. The van der Waals surface area contributed by atoms with Crippen LogP contribution in [0.3, 0.4) is 0 Å². The zero-order chi connectivity index (χ0) is 22.1. The second-order valence-electron chi connectivity index (χ2n) is 9.04. The van der Waals surface area contributed by atoms with Crippen LogP contribution in [-0.2, 0) is 11.8 Å². The van der Waals surface area contributed by atoms with Crippen LogP contribution in [-0.4, -0.2) is 38.7 Å². The van der Waals surface area contributed by atoms with Crippen LogP contribution in [0.15, 0.2) is 24.4 Å². The summed E-state index contributed by atoms with van der Waals surface area (Å²) in [7, 11) is 1.96. The molecule has 2 aliphatic rings. The lowest BCUT2D eigenvalue weighted by Gasteiger charge is -2.24. The van der Waals surface area contributed by atoms with Crippen LogP contribution in [0.4, 0.5) is 17.5 Å². The van der Waals surface area contributed by atoms with E-state index in [1.807, 2.05) is 30.9 Å². The van der Waals surface area contributed by atoms with Gasteiger partial charge in [0, 0.05) is 48.9 Å². The third-order valence-electron chi connectivity index (χ3n) is 6.55. The topological polar surface area (TPSA) is 96.8 Å². The van der Waals surface area contributed by atoms with Crippen LogP contribution in [0.2, 0.25) is 0 Å². The van der Waals surface area contributed by atoms with Crippen LogP contribution in [0.1, 0.15) is 55.7 Å². The fraction of sp³-hybridized carbons (Fsp3) is 0.500. The van der Waals surface area contributed by atoms with Crippen molar-refractivity contribution < 1.29 is 4.79 Å². The van der Waals surface area contributed by atoms with E-state index in [4.69, 9.17) is 4.98 Å². The van der Waals surface area contributed by atoms with Crippen molar-refractivity contribution >= 4 is 34.3 Å². The number of aryl methyl sites for hydroxylation is 2. The van der Waals surface area contributed by atoms with E-state index in [9.17, 15) is 4.79 Å². The molecule has 0 aliphatic heterocycles. The monoisotopic (exact) mass is 433 g/mol. The minimum atomic E-state index is 0.212. The van der Waals surface area contributed by atoms with Crippen molar-refractivity contribution in [1.82, 2.24) is 25.1 Å². The van der Waals surface area contributed by atoms with E-state index in [-0.39, 0.29) is 11.8 Å². The molecule has 2 saturated carbocycles. The molecular formula is C24H31N7O. The van der Waals surface area contributed by atoms with E-state index in [0.717, 1.165) is 53.9 Å². The van der Waals surface area contributed by atoms with Gasteiger partial charge in [0.25, 0.3) is 0 Å². The van der Waals surface area contributed by atoms with Gasteiger partial charge in [-0.15, -0.1) is 0 Å². The van der Waals surface area contributed by atoms with Crippen LogP contribution in [0.5, 0.6) is 0 Å². The maximum atomic E-state index is 12.0. The average molecular weight is 434 g/mol. The molecule has 0 unspecified atom stereocenters. The molecule has 2 aromatic heterocycles. The lowest BCUT2D eigenvalue weighted by molar-refractivity contribution is -0.127. The largest absolute Gasteiger partial charge is 0.370 e. The summed E-state index contributed by atoms with van der Waals surface area (Å²) >= 11 is 0. The molecule has 0 bridgehead atoms. The Morgan fingerprint density at radius 2 is 2.03 bits per heavy atom. The minimum absolute atomic E-state index is 0.212. The van der Waals surface area contributed by atoms with Crippen molar-refractivity contribution in [3.63, 3.8) is 0 Å². The number of rotatable bonds is 9. The number of aromatic nitrogens is 4. The molecule has 0 radical (unpaired) electrons. The van der Waals surface area contributed by atoms with Gasteiger partial charge in [-0.3, -0.25) is 9.48 Å². The molecule has 168 valence electrons. The fourth-order valence-corrected chi connectivity index (χ4v) is 4.25. The van der Waals surface area contributed by atoms with Crippen molar-refractivity contribution in [2.75, 3.05) is 23.7 Å². The van der Waals surface area contributed by atoms with Gasteiger partial charge in [0.15, 0.2) is 0 Å². The molecule has 1 amide bonds. The second-order valence-corrected chi connectivity index (χ2v) is 9.04. The number of amides is 1. The zero-order valence-corrected chi connectivity index (χ0v) is 18.8. The van der Waals surface area contributed by atoms with Crippen molar-refractivity contribution in [3.05, 3.63) is 35.7 Å². The number of nitrogens with one attached hydrogen (secondary N) is 3. The third-order valence-corrected chi connectivity index (χ3v) is 6.55. The molecule has 0 saturated heterocycles. The smallest absolute Gasteiger partial charge is 0.229 e. The highest BCUT2D eigenvalue weighted by atomic mass is 16.1. The SMILES string of the molecule is Cc1nn(C)c2cc(Nc3ncc(C4CC4)c(NCCCNC(=O)C4CCC4)n3)ccc12. The van der Waals surface area contributed by atoms with Crippen LogP contribution >= 0.6 is 0 Å². The normalized spacial score (nSPS) is 16.1. The highest BCUT2D eigenvalue weighted by molar-refractivity contribution is 5.85. The molecular weight excluding hydrogens is 402 g/mol. The van der Waals surface area contributed by atoms with E-state index in [1.165, 1.54) is 24.8 Å². The zero-order valence-electron chi connectivity index (χ0n) is 18.8. The summed E-state index contributed by atoms with van der Waals surface area (Å²) in [6.07, 6.45) is 8.46. The van der Waals surface area contributed by atoms with Crippen LogP contribution in [0, 0.1) is 12.8 Å². The summed E-state index contributed by atoms with van der Waals surface area (Å²) in [5.41, 5.74) is 4.22. The van der Waals surface area contributed by atoms with Gasteiger partial charge in [0.2, 0.25) is 11.9 Å². The number of nitrogens with zero attached hydrogens (tertiary/aromatic N) is 4. The van der Waals surface area contributed by atoms with Crippen molar-refractivity contribution in [2.45, 2.75) is 51.4 Å². The first kappa shape index (κ1) is 20.7. The molecule has 2 heterocycles. The Hall–Kier alpha value is -3.16.